The van der Waals surface area contributed by atoms with E-state index in [-0.39, 0.29) is 16.8 Å². The normalized spacial score (nSPS) is 12.8. The molecule has 1 N–H and O–H groups in total. The van der Waals surface area contributed by atoms with Crippen LogP contribution >= 0.6 is 0 Å². The SMILES string of the molecule is C=CCn1c(C(=O)N[C@@H](C)c2ccccc2)cc2cc(S(=O)(=O)N(C)C)ccc21. The number of allylic oxidation sites excluding steroid dienone is 1. The first-order chi connectivity index (χ1) is 13.8. The Labute approximate surface area is 171 Å². The lowest BCUT2D eigenvalue weighted by Gasteiger charge is -2.15. The third-order valence-electron chi connectivity index (χ3n) is 4.84. The minimum atomic E-state index is -3.56. The number of carbonyl (C=O) groups excluding carboxylic acids is 1. The second-order valence-electron chi connectivity index (χ2n) is 7.04. The van der Waals surface area contributed by atoms with Crippen molar-refractivity contribution in [3.05, 3.63) is 78.5 Å². The fourth-order valence-corrected chi connectivity index (χ4v) is 4.17. The predicted molar refractivity (Wildman–Crippen MR) is 115 cm³/mol. The van der Waals surface area contributed by atoms with Crippen LogP contribution in [-0.4, -0.2) is 37.3 Å². The van der Waals surface area contributed by atoms with E-state index in [1.165, 1.54) is 18.4 Å². The molecule has 0 saturated carbocycles. The molecule has 0 fully saturated rings. The Balaban J connectivity index is 2.01. The van der Waals surface area contributed by atoms with Gasteiger partial charge in [-0.2, -0.15) is 0 Å². The first-order valence-corrected chi connectivity index (χ1v) is 10.7. The van der Waals surface area contributed by atoms with Gasteiger partial charge >= 0.3 is 0 Å². The summed E-state index contributed by atoms with van der Waals surface area (Å²) in [5.74, 6) is -0.226. The molecule has 0 radical (unpaired) electrons. The molecule has 3 aromatic rings. The summed E-state index contributed by atoms with van der Waals surface area (Å²) in [6.07, 6.45) is 1.71. The third-order valence-corrected chi connectivity index (χ3v) is 6.65. The number of amides is 1. The summed E-state index contributed by atoms with van der Waals surface area (Å²) in [6, 6.07) is 16.2. The molecule has 0 spiro atoms. The van der Waals surface area contributed by atoms with Crippen molar-refractivity contribution in [2.24, 2.45) is 0 Å². The summed E-state index contributed by atoms with van der Waals surface area (Å²) in [4.78, 5) is 13.2. The summed E-state index contributed by atoms with van der Waals surface area (Å²) in [5, 5.41) is 3.70. The van der Waals surface area contributed by atoms with Crippen molar-refractivity contribution < 1.29 is 13.2 Å². The van der Waals surface area contributed by atoms with Crippen molar-refractivity contribution in [2.45, 2.75) is 24.4 Å². The van der Waals surface area contributed by atoms with Gasteiger partial charge in [-0.05, 0) is 36.8 Å². The van der Waals surface area contributed by atoms with E-state index in [4.69, 9.17) is 0 Å². The van der Waals surface area contributed by atoms with Crippen molar-refractivity contribution in [1.82, 2.24) is 14.2 Å². The second kappa shape index (κ2) is 8.23. The standard InChI is InChI=1S/C22H25N3O3S/c1-5-13-25-20-12-11-19(29(27,28)24(3)4)14-18(20)15-21(25)22(26)23-16(2)17-9-7-6-8-10-17/h5-12,14-16H,1,13H2,2-4H3,(H,23,26)/t16-/m0/s1. The maximum absolute atomic E-state index is 13.0. The first-order valence-electron chi connectivity index (χ1n) is 9.28. The van der Waals surface area contributed by atoms with Gasteiger partial charge in [0.1, 0.15) is 5.69 Å². The van der Waals surface area contributed by atoms with Crippen molar-refractivity contribution in [2.75, 3.05) is 14.1 Å². The van der Waals surface area contributed by atoms with Gasteiger partial charge in [-0.3, -0.25) is 4.79 Å². The van der Waals surface area contributed by atoms with Crippen molar-refractivity contribution in [3.63, 3.8) is 0 Å². The Hall–Kier alpha value is -2.90. The molecule has 0 aliphatic heterocycles. The largest absolute Gasteiger partial charge is 0.344 e. The zero-order chi connectivity index (χ0) is 21.2. The van der Waals surface area contributed by atoms with Crippen LogP contribution in [-0.2, 0) is 16.6 Å². The van der Waals surface area contributed by atoms with Crippen LogP contribution in [0.3, 0.4) is 0 Å². The number of nitrogens with zero attached hydrogens (tertiary/aromatic N) is 2. The van der Waals surface area contributed by atoms with Crippen LogP contribution in [0, 0.1) is 0 Å². The fraction of sp³-hybridized carbons (Fsp3) is 0.227. The summed E-state index contributed by atoms with van der Waals surface area (Å²) in [7, 11) is -0.572. The minimum Gasteiger partial charge on any atom is -0.344 e. The van der Waals surface area contributed by atoms with E-state index in [0.29, 0.717) is 17.6 Å². The number of rotatable bonds is 7. The average molecular weight is 412 g/mol. The van der Waals surface area contributed by atoms with Gasteiger partial charge in [-0.15, -0.1) is 6.58 Å². The number of hydrogen-bond donors (Lipinski definition) is 1. The Morgan fingerprint density at radius 2 is 1.86 bits per heavy atom. The number of benzene rings is 2. The molecule has 29 heavy (non-hydrogen) atoms. The molecule has 6 nitrogen and oxygen atoms in total. The maximum atomic E-state index is 13.0. The van der Waals surface area contributed by atoms with Crippen LogP contribution in [0.1, 0.15) is 29.0 Å². The van der Waals surface area contributed by atoms with Crippen LogP contribution in [0.4, 0.5) is 0 Å². The van der Waals surface area contributed by atoms with Gasteiger partial charge in [0.05, 0.1) is 10.9 Å². The topological polar surface area (TPSA) is 71.4 Å². The van der Waals surface area contributed by atoms with Crippen LogP contribution < -0.4 is 5.32 Å². The summed E-state index contributed by atoms with van der Waals surface area (Å²) in [5.41, 5.74) is 2.24. The molecular weight excluding hydrogens is 386 g/mol. The van der Waals surface area contributed by atoms with Gasteiger partial charge in [0.2, 0.25) is 10.0 Å². The van der Waals surface area contributed by atoms with Crippen LogP contribution in [0.25, 0.3) is 10.9 Å². The number of fused-ring (bicyclic) bond motifs is 1. The van der Waals surface area contributed by atoms with Gasteiger partial charge in [0.15, 0.2) is 0 Å². The number of aromatic nitrogens is 1. The van der Waals surface area contributed by atoms with Gasteiger partial charge in [-0.1, -0.05) is 36.4 Å². The van der Waals surface area contributed by atoms with Crippen molar-refractivity contribution >= 4 is 26.8 Å². The van der Waals surface area contributed by atoms with E-state index in [0.717, 1.165) is 11.1 Å². The van der Waals surface area contributed by atoms with Crippen LogP contribution in [0.2, 0.25) is 0 Å². The molecule has 3 rings (SSSR count). The molecule has 152 valence electrons. The summed E-state index contributed by atoms with van der Waals surface area (Å²) in [6.45, 7) is 6.14. The Morgan fingerprint density at radius 3 is 2.48 bits per heavy atom. The van der Waals surface area contributed by atoms with Crippen molar-refractivity contribution in [3.8, 4) is 0 Å². The smallest absolute Gasteiger partial charge is 0.268 e. The lowest BCUT2D eigenvalue weighted by Crippen LogP contribution is -2.28. The Morgan fingerprint density at radius 1 is 1.17 bits per heavy atom. The van der Waals surface area contributed by atoms with Crippen molar-refractivity contribution in [1.29, 1.82) is 0 Å². The first kappa shape index (κ1) is 20.8. The lowest BCUT2D eigenvalue weighted by molar-refractivity contribution is 0.0931. The molecule has 2 aromatic carbocycles. The minimum absolute atomic E-state index is 0.163. The molecular formula is C22H25N3O3S. The molecule has 1 aromatic heterocycles. The second-order valence-corrected chi connectivity index (χ2v) is 9.19. The zero-order valence-electron chi connectivity index (χ0n) is 16.8. The summed E-state index contributed by atoms with van der Waals surface area (Å²) >= 11 is 0. The Bertz CT molecular complexity index is 1150. The highest BCUT2D eigenvalue weighted by Gasteiger charge is 2.21. The Kier molecular flexibility index (Phi) is 5.91. The van der Waals surface area contributed by atoms with Gasteiger partial charge in [0, 0.05) is 31.5 Å². The molecule has 0 aliphatic rings. The number of hydrogen-bond acceptors (Lipinski definition) is 3. The van der Waals surface area contributed by atoms with Crippen LogP contribution in [0.15, 0.2) is 72.1 Å². The monoisotopic (exact) mass is 411 g/mol. The van der Waals surface area contributed by atoms with Gasteiger partial charge in [0.25, 0.3) is 5.91 Å². The molecule has 7 heteroatoms. The third kappa shape index (κ3) is 4.11. The highest BCUT2D eigenvalue weighted by atomic mass is 32.2. The molecule has 1 atom stereocenters. The highest BCUT2D eigenvalue weighted by Crippen LogP contribution is 2.25. The molecule has 1 amide bonds. The van der Waals surface area contributed by atoms with Crippen LogP contribution in [0.5, 0.6) is 0 Å². The van der Waals surface area contributed by atoms with E-state index in [1.807, 2.05) is 41.8 Å². The quantitative estimate of drug-likeness (QED) is 0.604. The predicted octanol–water partition coefficient (Wildman–Crippen LogP) is 3.57. The number of nitrogens with one attached hydrogen (secondary N) is 1. The van der Waals surface area contributed by atoms with E-state index in [2.05, 4.69) is 11.9 Å². The zero-order valence-corrected chi connectivity index (χ0v) is 17.6. The summed E-state index contributed by atoms with van der Waals surface area (Å²) < 4.78 is 27.9. The van der Waals surface area contributed by atoms with Gasteiger partial charge in [-0.25, -0.2) is 12.7 Å². The average Bonchev–Trinajstić information content (AvgIpc) is 3.06. The molecule has 1 heterocycles. The highest BCUT2D eigenvalue weighted by molar-refractivity contribution is 7.89. The van der Waals surface area contributed by atoms with E-state index in [9.17, 15) is 13.2 Å². The van der Waals surface area contributed by atoms with Gasteiger partial charge < -0.3 is 9.88 Å². The number of sulfonamides is 1. The lowest BCUT2D eigenvalue weighted by atomic mass is 10.1. The molecule has 0 aliphatic carbocycles. The van der Waals surface area contributed by atoms with E-state index in [1.54, 1.807) is 30.3 Å². The van der Waals surface area contributed by atoms with E-state index >= 15 is 0 Å². The molecule has 0 unspecified atom stereocenters. The number of carbonyl (C=O) groups is 1. The van der Waals surface area contributed by atoms with E-state index < -0.39 is 10.0 Å². The molecule has 0 bridgehead atoms. The fourth-order valence-electron chi connectivity index (χ4n) is 3.23. The molecule has 0 saturated heterocycles. The maximum Gasteiger partial charge on any atom is 0.268 e.